The summed E-state index contributed by atoms with van der Waals surface area (Å²) in [5, 5.41) is 17.3. The van der Waals surface area contributed by atoms with Crippen LogP contribution in [0.5, 0.6) is 5.75 Å². The van der Waals surface area contributed by atoms with Gasteiger partial charge in [0.15, 0.2) is 5.78 Å². The molecule has 0 aromatic heterocycles. The molecule has 0 bridgehead atoms. The number of Topliss-reactive ketones (excluding diaryl/α,β-unsaturated/α-hetero) is 1. The van der Waals surface area contributed by atoms with Crippen molar-refractivity contribution in [1.82, 2.24) is 5.32 Å². The SMILES string of the molecule is CC(=O)c1cc(I)c2c(c1)C(NC(=O)c1cccc(N=[N+]=[N-])c1)C(O)C(C)(C)O2. The molecule has 0 aliphatic carbocycles. The Morgan fingerprint density at radius 1 is 1.28 bits per heavy atom. The monoisotopic (exact) mass is 506 g/mol. The van der Waals surface area contributed by atoms with Gasteiger partial charge in [0.2, 0.25) is 0 Å². The molecule has 0 fully saturated rings. The van der Waals surface area contributed by atoms with Gasteiger partial charge in [-0.3, -0.25) is 9.59 Å². The average molecular weight is 506 g/mol. The summed E-state index contributed by atoms with van der Waals surface area (Å²) >= 11 is 2.08. The van der Waals surface area contributed by atoms with E-state index in [4.69, 9.17) is 10.3 Å². The number of carbonyl (C=O) groups is 2. The van der Waals surface area contributed by atoms with E-state index < -0.39 is 23.7 Å². The van der Waals surface area contributed by atoms with E-state index in [0.717, 1.165) is 3.57 Å². The van der Waals surface area contributed by atoms with Crippen molar-refractivity contribution in [2.45, 2.75) is 38.5 Å². The first kappa shape index (κ1) is 21.1. The van der Waals surface area contributed by atoms with Gasteiger partial charge in [0.05, 0.1) is 9.61 Å². The number of hydrogen-bond acceptors (Lipinski definition) is 5. The number of fused-ring (bicyclic) bond motifs is 1. The molecule has 0 saturated carbocycles. The van der Waals surface area contributed by atoms with Gasteiger partial charge in [0.1, 0.15) is 17.5 Å². The predicted octanol–water partition coefficient (Wildman–Crippen LogP) is 4.44. The first-order valence-electron chi connectivity index (χ1n) is 8.81. The van der Waals surface area contributed by atoms with Crippen LogP contribution in [0.3, 0.4) is 0 Å². The quantitative estimate of drug-likeness (QED) is 0.209. The van der Waals surface area contributed by atoms with Crippen LogP contribution in [0.25, 0.3) is 10.4 Å². The molecular formula is C20H19IN4O4. The summed E-state index contributed by atoms with van der Waals surface area (Å²) in [6, 6.07) is 8.80. The third-order valence-corrected chi connectivity index (χ3v) is 5.56. The van der Waals surface area contributed by atoms with Crippen molar-refractivity contribution in [1.29, 1.82) is 0 Å². The Balaban J connectivity index is 2.04. The number of rotatable bonds is 4. The number of ether oxygens (including phenoxy) is 1. The second kappa shape index (κ2) is 8.02. The Morgan fingerprint density at radius 2 is 2.00 bits per heavy atom. The van der Waals surface area contributed by atoms with E-state index >= 15 is 0 Å². The number of halogens is 1. The Morgan fingerprint density at radius 3 is 2.66 bits per heavy atom. The highest BCUT2D eigenvalue weighted by molar-refractivity contribution is 14.1. The molecule has 0 saturated heterocycles. The zero-order chi connectivity index (χ0) is 21.3. The molecule has 1 aliphatic rings. The van der Waals surface area contributed by atoms with E-state index in [2.05, 4.69) is 37.9 Å². The first-order chi connectivity index (χ1) is 13.6. The van der Waals surface area contributed by atoms with Crippen molar-refractivity contribution >= 4 is 40.0 Å². The number of hydrogen-bond donors (Lipinski definition) is 2. The number of benzene rings is 2. The van der Waals surface area contributed by atoms with E-state index in [-0.39, 0.29) is 11.3 Å². The molecule has 3 rings (SSSR count). The fourth-order valence-electron chi connectivity index (χ4n) is 3.19. The second-order valence-electron chi connectivity index (χ2n) is 7.27. The Labute approximate surface area is 181 Å². The number of carbonyl (C=O) groups excluding carboxylic acids is 2. The summed E-state index contributed by atoms with van der Waals surface area (Å²) in [4.78, 5) is 27.5. The van der Waals surface area contributed by atoms with Gasteiger partial charge in [-0.2, -0.15) is 0 Å². The molecule has 0 radical (unpaired) electrons. The highest BCUT2D eigenvalue weighted by Crippen LogP contribution is 2.43. The van der Waals surface area contributed by atoms with E-state index in [0.29, 0.717) is 22.6 Å². The molecule has 2 N–H and O–H groups in total. The zero-order valence-corrected chi connectivity index (χ0v) is 18.2. The van der Waals surface area contributed by atoms with Crippen LogP contribution in [0.15, 0.2) is 41.5 Å². The smallest absolute Gasteiger partial charge is 0.251 e. The normalized spacial score (nSPS) is 19.3. The summed E-state index contributed by atoms with van der Waals surface area (Å²) in [6.07, 6.45) is -1.06. The molecule has 1 amide bonds. The lowest BCUT2D eigenvalue weighted by Gasteiger charge is -2.42. The second-order valence-corrected chi connectivity index (χ2v) is 8.44. The summed E-state index contributed by atoms with van der Waals surface area (Å²) in [7, 11) is 0. The van der Waals surface area contributed by atoms with E-state index in [9.17, 15) is 14.7 Å². The summed E-state index contributed by atoms with van der Waals surface area (Å²) in [5.74, 6) is -0.0489. The van der Waals surface area contributed by atoms with Crippen molar-refractivity contribution < 1.29 is 19.4 Å². The summed E-state index contributed by atoms with van der Waals surface area (Å²) < 4.78 is 6.71. The molecule has 2 unspecified atom stereocenters. The molecule has 1 aliphatic heterocycles. The largest absolute Gasteiger partial charge is 0.484 e. The number of aliphatic hydroxyl groups is 1. The van der Waals surface area contributed by atoms with Gasteiger partial charge in [-0.05, 0) is 73.2 Å². The lowest BCUT2D eigenvalue weighted by Crippen LogP contribution is -2.53. The van der Waals surface area contributed by atoms with Crippen molar-refractivity contribution in [3.63, 3.8) is 0 Å². The highest BCUT2D eigenvalue weighted by atomic mass is 127. The van der Waals surface area contributed by atoms with Crippen LogP contribution in [0.2, 0.25) is 0 Å². The van der Waals surface area contributed by atoms with Crippen LogP contribution in [0.4, 0.5) is 5.69 Å². The summed E-state index contributed by atoms with van der Waals surface area (Å²) in [5.41, 5.74) is 9.22. The van der Waals surface area contributed by atoms with Crippen molar-refractivity contribution in [2.75, 3.05) is 0 Å². The highest BCUT2D eigenvalue weighted by Gasteiger charge is 2.44. The number of ketones is 1. The van der Waals surface area contributed by atoms with Gasteiger partial charge in [-0.25, -0.2) is 0 Å². The number of amides is 1. The summed E-state index contributed by atoms with van der Waals surface area (Å²) in [6.45, 7) is 4.92. The van der Waals surface area contributed by atoms with E-state index in [1.54, 1.807) is 44.2 Å². The maximum Gasteiger partial charge on any atom is 0.251 e. The molecule has 9 heteroatoms. The van der Waals surface area contributed by atoms with Crippen LogP contribution in [0.1, 0.15) is 53.1 Å². The van der Waals surface area contributed by atoms with Gasteiger partial charge >= 0.3 is 0 Å². The molecule has 8 nitrogen and oxygen atoms in total. The van der Waals surface area contributed by atoms with Gasteiger partial charge in [0.25, 0.3) is 5.91 Å². The minimum atomic E-state index is -1.06. The van der Waals surface area contributed by atoms with Gasteiger partial charge in [-0.15, -0.1) is 0 Å². The fraction of sp³-hybridized carbons (Fsp3) is 0.300. The van der Waals surface area contributed by atoms with Crippen molar-refractivity contribution in [2.24, 2.45) is 5.11 Å². The van der Waals surface area contributed by atoms with E-state index in [1.165, 1.54) is 13.0 Å². The molecular weight excluding hydrogens is 487 g/mol. The minimum Gasteiger partial charge on any atom is -0.484 e. The maximum absolute atomic E-state index is 12.9. The number of nitrogens with one attached hydrogen (secondary N) is 1. The van der Waals surface area contributed by atoms with Gasteiger partial charge < -0.3 is 15.2 Å². The first-order valence-corrected chi connectivity index (χ1v) is 9.89. The van der Waals surface area contributed by atoms with Gasteiger partial charge in [0, 0.05) is 27.3 Å². The van der Waals surface area contributed by atoms with E-state index in [1.807, 2.05) is 0 Å². The average Bonchev–Trinajstić information content (AvgIpc) is 2.66. The topological polar surface area (TPSA) is 124 Å². The predicted molar refractivity (Wildman–Crippen MR) is 115 cm³/mol. The van der Waals surface area contributed by atoms with Crippen LogP contribution in [0, 0.1) is 3.57 Å². The lowest BCUT2D eigenvalue weighted by molar-refractivity contribution is -0.0633. The van der Waals surface area contributed by atoms with Crippen molar-refractivity contribution in [3.05, 3.63) is 67.1 Å². The van der Waals surface area contributed by atoms with Crippen molar-refractivity contribution in [3.8, 4) is 5.75 Å². The Bertz CT molecular complexity index is 1050. The Hall–Kier alpha value is -2.62. The maximum atomic E-state index is 12.9. The van der Waals surface area contributed by atoms with Crippen LogP contribution < -0.4 is 10.1 Å². The minimum absolute atomic E-state index is 0.128. The third-order valence-electron chi connectivity index (χ3n) is 4.76. The number of nitrogens with zero attached hydrogens (tertiary/aromatic N) is 3. The number of aliphatic hydroxyl groups excluding tert-OH is 1. The zero-order valence-electron chi connectivity index (χ0n) is 16.0. The molecule has 29 heavy (non-hydrogen) atoms. The van der Waals surface area contributed by atoms with Gasteiger partial charge in [-0.1, -0.05) is 17.2 Å². The fourth-order valence-corrected chi connectivity index (χ4v) is 3.95. The standard InChI is InChI=1S/C20H19IN4O4/c1-10(26)12-8-14-16(18(27)20(2,3)29-17(14)15(21)9-12)23-19(28)11-5-4-6-13(7-11)24-25-22/h4-9,16,18,27H,1-3H3,(H,23,28). The molecule has 1 heterocycles. The third kappa shape index (κ3) is 4.21. The van der Waals surface area contributed by atoms with Crippen LogP contribution in [-0.4, -0.2) is 28.5 Å². The molecule has 2 aromatic carbocycles. The molecule has 0 spiro atoms. The molecule has 2 aromatic rings. The van der Waals surface area contributed by atoms with Crippen LogP contribution >= 0.6 is 22.6 Å². The lowest BCUT2D eigenvalue weighted by atomic mass is 9.85. The van der Waals surface area contributed by atoms with Crippen LogP contribution in [-0.2, 0) is 0 Å². The molecule has 2 atom stereocenters. The Kier molecular flexibility index (Phi) is 5.83. The number of azide groups is 1. The molecule has 150 valence electrons.